The van der Waals surface area contributed by atoms with E-state index in [0.717, 1.165) is 22.5 Å². The Morgan fingerprint density at radius 3 is 2.56 bits per heavy atom. The first-order valence-electron chi connectivity index (χ1n) is 6.04. The van der Waals surface area contributed by atoms with Crippen molar-refractivity contribution < 1.29 is 0 Å². The number of nitrogens with two attached hydrogens (primary N) is 1. The highest BCUT2D eigenvalue weighted by Gasteiger charge is 2.11. The number of rotatable bonds is 2. The normalized spacial score (nSPS) is 11.0. The minimum atomic E-state index is 0.523. The van der Waals surface area contributed by atoms with Gasteiger partial charge in [0.15, 0.2) is 0 Å². The molecule has 3 nitrogen and oxygen atoms in total. The van der Waals surface area contributed by atoms with Gasteiger partial charge in [0.05, 0.1) is 16.9 Å². The van der Waals surface area contributed by atoms with Crippen molar-refractivity contribution in [3.63, 3.8) is 0 Å². The van der Waals surface area contributed by atoms with Gasteiger partial charge in [-0.15, -0.1) is 0 Å². The highest BCUT2D eigenvalue weighted by Crippen LogP contribution is 2.24. The molecule has 2 N–H and O–H groups in total. The van der Waals surface area contributed by atoms with Crippen LogP contribution in [0.1, 0.15) is 11.3 Å². The molecule has 3 rings (SSSR count). The summed E-state index contributed by atoms with van der Waals surface area (Å²) < 4.78 is 1.98. The molecule has 0 unspecified atom stereocenters. The minimum absolute atomic E-state index is 0.523. The van der Waals surface area contributed by atoms with Crippen LogP contribution in [0, 0.1) is 6.92 Å². The number of hydrogen-bond donors (Lipinski definition) is 1. The lowest BCUT2D eigenvalue weighted by atomic mass is 10.1. The van der Waals surface area contributed by atoms with Crippen molar-refractivity contribution in [1.82, 2.24) is 9.78 Å². The topological polar surface area (TPSA) is 43.8 Å². The monoisotopic (exact) mass is 237 g/mol. The van der Waals surface area contributed by atoms with Crippen LogP contribution in [0.4, 0.5) is 0 Å². The van der Waals surface area contributed by atoms with Crippen LogP contribution in [0.25, 0.3) is 16.6 Å². The molecule has 0 saturated carbocycles. The van der Waals surface area contributed by atoms with Gasteiger partial charge in [-0.1, -0.05) is 36.4 Å². The molecule has 90 valence electrons. The second kappa shape index (κ2) is 4.27. The summed E-state index contributed by atoms with van der Waals surface area (Å²) in [4.78, 5) is 0. The standard InChI is InChI=1S/C15H15N3/c1-11-14-9-5-6-12(10-16)15(14)18(17-11)13-7-3-2-4-8-13/h2-9H,10,16H2,1H3. The van der Waals surface area contributed by atoms with Crippen LogP contribution in [0.2, 0.25) is 0 Å². The fourth-order valence-corrected chi connectivity index (χ4v) is 2.31. The molecule has 0 aliphatic rings. The van der Waals surface area contributed by atoms with Crippen LogP contribution < -0.4 is 5.73 Å². The molecule has 2 aromatic carbocycles. The van der Waals surface area contributed by atoms with Gasteiger partial charge in [-0.05, 0) is 24.6 Å². The summed E-state index contributed by atoms with van der Waals surface area (Å²) in [5, 5.41) is 5.80. The Hall–Kier alpha value is -2.13. The Morgan fingerprint density at radius 1 is 1.06 bits per heavy atom. The molecule has 0 amide bonds. The van der Waals surface area contributed by atoms with Crippen molar-refractivity contribution >= 4 is 10.9 Å². The number of hydrogen-bond acceptors (Lipinski definition) is 2. The van der Waals surface area contributed by atoms with Gasteiger partial charge in [-0.2, -0.15) is 5.10 Å². The lowest BCUT2D eigenvalue weighted by molar-refractivity contribution is 0.881. The van der Waals surface area contributed by atoms with E-state index in [0.29, 0.717) is 6.54 Å². The molecule has 0 aliphatic carbocycles. The molecule has 0 aliphatic heterocycles. The second-order valence-electron chi connectivity index (χ2n) is 4.35. The Bertz CT molecular complexity index is 684. The zero-order valence-electron chi connectivity index (χ0n) is 10.3. The van der Waals surface area contributed by atoms with E-state index in [1.165, 1.54) is 5.39 Å². The molecule has 0 spiro atoms. The number of para-hydroxylation sites is 2. The summed E-state index contributed by atoms with van der Waals surface area (Å²) in [7, 11) is 0. The molecular weight excluding hydrogens is 222 g/mol. The zero-order valence-corrected chi connectivity index (χ0v) is 10.3. The minimum Gasteiger partial charge on any atom is -0.326 e. The maximum atomic E-state index is 5.83. The number of aryl methyl sites for hydroxylation is 1. The highest BCUT2D eigenvalue weighted by molar-refractivity contribution is 5.86. The molecule has 1 aromatic heterocycles. The predicted molar refractivity (Wildman–Crippen MR) is 73.7 cm³/mol. The van der Waals surface area contributed by atoms with Crippen molar-refractivity contribution in [2.45, 2.75) is 13.5 Å². The summed E-state index contributed by atoms with van der Waals surface area (Å²) in [5.41, 5.74) is 10.2. The average molecular weight is 237 g/mol. The predicted octanol–water partition coefficient (Wildman–Crippen LogP) is 2.79. The molecule has 3 heteroatoms. The summed E-state index contributed by atoms with van der Waals surface area (Å²) in [6, 6.07) is 16.3. The summed E-state index contributed by atoms with van der Waals surface area (Å²) in [6.45, 7) is 2.55. The maximum Gasteiger partial charge on any atom is 0.0788 e. The van der Waals surface area contributed by atoms with Crippen LogP contribution in [-0.4, -0.2) is 9.78 Å². The quantitative estimate of drug-likeness (QED) is 0.744. The van der Waals surface area contributed by atoms with Gasteiger partial charge in [0.2, 0.25) is 0 Å². The smallest absolute Gasteiger partial charge is 0.0788 e. The van der Waals surface area contributed by atoms with Crippen molar-refractivity contribution in [1.29, 1.82) is 0 Å². The molecule has 3 aromatic rings. The average Bonchev–Trinajstić information content (AvgIpc) is 2.77. The molecule has 18 heavy (non-hydrogen) atoms. The van der Waals surface area contributed by atoms with E-state index in [1.54, 1.807) is 0 Å². The number of nitrogens with zero attached hydrogens (tertiary/aromatic N) is 2. The van der Waals surface area contributed by atoms with E-state index in [1.807, 2.05) is 35.9 Å². The van der Waals surface area contributed by atoms with Gasteiger partial charge in [0.1, 0.15) is 0 Å². The molecule has 0 radical (unpaired) electrons. The first kappa shape index (κ1) is 11.0. The molecular formula is C15H15N3. The van der Waals surface area contributed by atoms with E-state index in [9.17, 15) is 0 Å². The molecule has 1 heterocycles. The van der Waals surface area contributed by atoms with E-state index in [2.05, 4.69) is 29.4 Å². The maximum absolute atomic E-state index is 5.83. The van der Waals surface area contributed by atoms with E-state index < -0.39 is 0 Å². The second-order valence-corrected chi connectivity index (χ2v) is 4.35. The molecule has 0 fully saturated rings. The van der Waals surface area contributed by atoms with Crippen LogP contribution in [0.3, 0.4) is 0 Å². The number of aromatic nitrogens is 2. The van der Waals surface area contributed by atoms with Crippen LogP contribution in [0.5, 0.6) is 0 Å². The van der Waals surface area contributed by atoms with Gasteiger partial charge >= 0.3 is 0 Å². The third kappa shape index (κ3) is 1.60. The third-order valence-corrected chi connectivity index (χ3v) is 3.19. The van der Waals surface area contributed by atoms with Gasteiger partial charge in [0, 0.05) is 11.9 Å². The Morgan fingerprint density at radius 2 is 1.83 bits per heavy atom. The van der Waals surface area contributed by atoms with Crippen LogP contribution in [0.15, 0.2) is 48.5 Å². The van der Waals surface area contributed by atoms with Gasteiger partial charge < -0.3 is 5.73 Å². The Labute approximate surface area is 106 Å². The van der Waals surface area contributed by atoms with Gasteiger partial charge in [-0.25, -0.2) is 4.68 Å². The summed E-state index contributed by atoms with van der Waals surface area (Å²) in [5.74, 6) is 0. The first-order valence-corrected chi connectivity index (χ1v) is 6.04. The van der Waals surface area contributed by atoms with E-state index in [-0.39, 0.29) is 0 Å². The third-order valence-electron chi connectivity index (χ3n) is 3.19. The SMILES string of the molecule is Cc1nn(-c2ccccc2)c2c(CN)cccc12. The Kier molecular flexibility index (Phi) is 2.61. The van der Waals surface area contributed by atoms with E-state index in [4.69, 9.17) is 5.73 Å². The highest BCUT2D eigenvalue weighted by atomic mass is 15.3. The van der Waals surface area contributed by atoms with Crippen LogP contribution >= 0.6 is 0 Å². The summed E-state index contributed by atoms with van der Waals surface area (Å²) >= 11 is 0. The van der Waals surface area contributed by atoms with Crippen molar-refractivity contribution in [2.24, 2.45) is 5.73 Å². The largest absolute Gasteiger partial charge is 0.326 e. The fraction of sp³-hybridized carbons (Fsp3) is 0.133. The number of fused-ring (bicyclic) bond motifs is 1. The van der Waals surface area contributed by atoms with E-state index >= 15 is 0 Å². The molecule has 0 bridgehead atoms. The Balaban J connectivity index is 2.37. The molecule has 0 atom stereocenters. The van der Waals surface area contributed by atoms with Crippen molar-refractivity contribution in [3.05, 3.63) is 59.8 Å². The van der Waals surface area contributed by atoms with Crippen LogP contribution in [-0.2, 0) is 6.54 Å². The zero-order chi connectivity index (χ0) is 12.5. The van der Waals surface area contributed by atoms with Crippen molar-refractivity contribution in [3.8, 4) is 5.69 Å². The lowest BCUT2D eigenvalue weighted by Gasteiger charge is -2.06. The number of benzene rings is 2. The van der Waals surface area contributed by atoms with Gasteiger partial charge in [-0.3, -0.25) is 0 Å². The van der Waals surface area contributed by atoms with Crippen molar-refractivity contribution in [2.75, 3.05) is 0 Å². The lowest BCUT2D eigenvalue weighted by Crippen LogP contribution is -2.02. The molecule has 0 saturated heterocycles. The van der Waals surface area contributed by atoms with Gasteiger partial charge in [0.25, 0.3) is 0 Å². The first-order chi connectivity index (χ1) is 8.81. The summed E-state index contributed by atoms with van der Waals surface area (Å²) in [6.07, 6.45) is 0. The fourth-order valence-electron chi connectivity index (χ4n) is 2.31.